The number of nitrogens with one attached hydrogen (secondary N) is 1. The van der Waals surface area contributed by atoms with Crippen LogP contribution in [0.4, 0.5) is 0 Å². The molecule has 0 aliphatic rings. The van der Waals surface area contributed by atoms with E-state index in [4.69, 9.17) is 0 Å². The van der Waals surface area contributed by atoms with Crippen LogP contribution in [0.25, 0.3) is 10.9 Å². The second-order valence-electron chi connectivity index (χ2n) is 5.27. The van der Waals surface area contributed by atoms with E-state index in [1.807, 2.05) is 11.3 Å². The van der Waals surface area contributed by atoms with Gasteiger partial charge in [0.05, 0.1) is 0 Å². The van der Waals surface area contributed by atoms with Gasteiger partial charge in [-0.2, -0.15) is 0 Å². The van der Waals surface area contributed by atoms with Crippen molar-refractivity contribution in [3.8, 4) is 0 Å². The van der Waals surface area contributed by atoms with Crippen LogP contribution in [0.1, 0.15) is 29.1 Å². The molecular formula is C17H20N2S. The summed E-state index contributed by atoms with van der Waals surface area (Å²) >= 11 is 1.81. The zero-order valence-corrected chi connectivity index (χ0v) is 13.0. The van der Waals surface area contributed by atoms with Gasteiger partial charge in [-0.05, 0) is 36.9 Å². The van der Waals surface area contributed by atoms with E-state index in [1.165, 1.54) is 27.0 Å². The average molecular weight is 284 g/mol. The predicted molar refractivity (Wildman–Crippen MR) is 87.2 cm³/mol. The van der Waals surface area contributed by atoms with Crippen molar-refractivity contribution in [1.29, 1.82) is 0 Å². The Morgan fingerprint density at radius 2 is 2.00 bits per heavy atom. The smallest absolute Gasteiger partial charge is 0.0483 e. The van der Waals surface area contributed by atoms with Gasteiger partial charge >= 0.3 is 0 Å². The van der Waals surface area contributed by atoms with Crippen molar-refractivity contribution in [2.75, 3.05) is 0 Å². The van der Waals surface area contributed by atoms with Crippen molar-refractivity contribution in [3.63, 3.8) is 0 Å². The molecule has 0 spiro atoms. The lowest BCUT2D eigenvalue weighted by Crippen LogP contribution is -2.19. The number of nitrogens with zero attached hydrogens (tertiary/aromatic N) is 1. The Labute approximate surface area is 124 Å². The maximum absolute atomic E-state index is 3.63. The van der Waals surface area contributed by atoms with Crippen LogP contribution in [0.2, 0.25) is 0 Å². The molecule has 3 aromatic rings. The minimum atomic E-state index is 0.396. The highest BCUT2D eigenvalue weighted by molar-refractivity contribution is 7.10. The van der Waals surface area contributed by atoms with E-state index in [9.17, 15) is 0 Å². The quantitative estimate of drug-likeness (QED) is 0.751. The minimum Gasteiger partial charge on any atom is -0.346 e. The minimum absolute atomic E-state index is 0.396. The molecule has 1 atom stereocenters. The third kappa shape index (κ3) is 2.28. The molecule has 3 rings (SSSR count). The molecule has 0 aliphatic carbocycles. The van der Waals surface area contributed by atoms with Crippen molar-refractivity contribution < 1.29 is 0 Å². The zero-order chi connectivity index (χ0) is 14.1. The standard InChI is InChI=1S/C17H20N2S/c1-12-14-7-4-5-8-15(14)19(3)16(12)11-18-13(2)17-9-6-10-20-17/h4-10,13,18H,11H2,1-3H3. The second-order valence-corrected chi connectivity index (χ2v) is 6.25. The number of fused-ring (bicyclic) bond motifs is 1. The molecule has 1 N–H and O–H groups in total. The highest BCUT2D eigenvalue weighted by Gasteiger charge is 2.12. The molecule has 0 amide bonds. The van der Waals surface area contributed by atoms with Gasteiger partial charge in [0.1, 0.15) is 0 Å². The summed E-state index contributed by atoms with van der Waals surface area (Å²) in [5.41, 5.74) is 4.06. The molecule has 0 saturated carbocycles. The number of benzene rings is 1. The van der Waals surface area contributed by atoms with Crippen molar-refractivity contribution in [1.82, 2.24) is 9.88 Å². The van der Waals surface area contributed by atoms with Gasteiger partial charge in [0, 0.05) is 41.1 Å². The normalized spacial score (nSPS) is 12.9. The summed E-state index contributed by atoms with van der Waals surface area (Å²) in [6.45, 7) is 5.34. The number of hydrogen-bond donors (Lipinski definition) is 1. The van der Waals surface area contributed by atoms with E-state index in [0.717, 1.165) is 6.54 Å². The molecule has 104 valence electrons. The van der Waals surface area contributed by atoms with E-state index in [0.29, 0.717) is 6.04 Å². The van der Waals surface area contributed by atoms with Gasteiger partial charge in [-0.1, -0.05) is 24.3 Å². The third-order valence-electron chi connectivity index (χ3n) is 4.05. The number of para-hydroxylation sites is 1. The summed E-state index contributed by atoms with van der Waals surface area (Å²) < 4.78 is 2.30. The fourth-order valence-electron chi connectivity index (χ4n) is 2.77. The summed E-state index contributed by atoms with van der Waals surface area (Å²) in [6.07, 6.45) is 0. The first-order valence-electron chi connectivity index (χ1n) is 6.98. The van der Waals surface area contributed by atoms with Crippen molar-refractivity contribution in [2.24, 2.45) is 7.05 Å². The fraction of sp³-hybridized carbons (Fsp3) is 0.294. The van der Waals surface area contributed by atoms with Gasteiger partial charge < -0.3 is 9.88 Å². The van der Waals surface area contributed by atoms with Gasteiger partial charge in [0.2, 0.25) is 0 Å². The van der Waals surface area contributed by atoms with Gasteiger partial charge in [-0.3, -0.25) is 0 Å². The molecule has 1 aromatic carbocycles. The highest BCUT2D eigenvalue weighted by atomic mass is 32.1. The van der Waals surface area contributed by atoms with Crippen LogP contribution in [0.3, 0.4) is 0 Å². The van der Waals surface area contributed by atoms with E-state index in [2.05, 4.69) is 72.6 Å². The maximum Gasteiger partial charge on any atom is 0.0483 e. The van der Waals surface area contributed by atoms with Gasteiger partial charge in [0.25, 0.3) is 0 Å². The number of hydrogen-bond acceptors (Lipinski definition) is 2. The highest BCUT2D eigenvalue weighted by Crippen LogP contribution is 2.25. The van der Waals surface area contributed by atoms with Crippen LogP contribution in [-0.2, 0) is 13.6 Å². The van der Waals surface area contributed by atoms with E-state index in [1.54, 1.807) is 0 Å². The fourth-order valence-corrected chi connectivity index (χ4v) is 3.53. The molecule has 20 heavy (non-hydrogen) atoms. The first-order chi connectivity index (χ1) is 9.68. The van der Waals surface area contributed by atoms with Gasteiger partial charge in [-0.25, -0.2) is 0 Å². The Kier molecular flexibility index (Phi) is 3.64. The lowest BCUT2D eigenvalue weighted by molar-refractivity contribution is 0.565. The van der Waals surface area contributed by atoms with Crippen LogP contribution in [0.5, 0.6) is 0 Å². The molecule has 0 aliphatic heterocycles. The lowest BCUT2D eigenvalue weighted by atomic mass is 10.1. The summed E-state index contributed by atoms with van der Waals surface area (Å²) in [7, 11) is 2.15. The van der Waals surface area contributed by atoms with Crippen molar-refractivity contribution >= 4 is 22.2 Å². The Hall–Kier alpha value is -1.58. The van der Waals surface area contributed by atoms with Crippen molar-refractivity contribution in [2.45, 2.75) is 26.4 Å². The van der Waals surface area contributed by atoms with Crippen LogP contribution >= 0.6 is 11.3 Å². The first kappa shape index (κ1) is 13.4. The van der Waals surface area contributed by atoms with Crippen molar-refractivity contribution in [3.05, 3.63) is 57.9 Å². The summed E-state index contributed by atoms with van der Waals surface area (Å²) in [5, 5.41) is 7.13. The third-order valence-corrected chi connectivity index (χ3v) is 5.11. The molecule has 2 nitrogen and oxygen atoms in total. The van der Waals surface area contributed by atoms with Crippen LogP contribution in [0, 0.1) is 6.92 Å². The molecule has 0 saturated heterocycles. The van der Waals surface area contributed by atoms with E-state index < -0.39 is 0 Å². The molecule has 0 fully saturated rings. The topological polar surface area (TPSA) is 17.0 Å². The largest absolute Gasteiger partial charge is 0.346 e. The monoisotopic (exact) mass is 284 g/mol. The molecule has 0 bridgehead atoms. The van der Waals surface area contributed by atoms with E-state index in [-0.39, 0.29) is 0 Å². The zero-order valence-electron chi connectivity index (χ0n) is 12.2. The molecule has 2 aromatic heterocycles. The Balaban J connectivity index is 1.84. The Morgan fingerprint density at radius 1 is 1.20 bits per heavy atom. The SMILES string of the molecule is Cc1c(CNC(C)c2cccs2)n(C)c2ccccc12. The second kappa shape index (κ2) is 5.43. The van der Waals surface area contributed by atoms with Crippen LogP contribution in [-0.4, -0.2) is 4.57 Å². The van der Waals surface area contributed by atoms with Gasteiger partial charge in [-0.15, -0.1) is 11.3 Å². The average Bonchev–Trinajstić information content (AvgIpc) is 3.07. The Bertz CT molecular complexity index is 671. The van der Waals surface area contributed by atoms with Gasteiger partial charge in [0.15, 0.2) is 0 Å². The molecule has 2 heterocycles. The van der Waals surface area contributed by atoms with Crippen LogP contribution < -0.4 is 5.32 Å². The number of aryl methyl sites for hydroxylation is 2. The summed E-state index contributed by atoms with van der Waals surface area (Å²) in [4.78, 5) is 1.39. The van der Waals surface area contributed by atoms with Crippen LogP contribution in [0.15, 0.2) is 41.8 Å². The molecule has 3 heteroatoms. The summed E-state index contributed by atoms with van der Waals surface area (Å²) in [6, 6.07) is 13.3. The lowest BCUT2D eigenvalue weighted by Gasteiger charge is -2.13. The number of thiophene rings is 1. The summed E-state index contributed by atoms with van der Waals surface area (Å²) in [5.74, 6) is 0. The number of aromatic nitrogens is 1. The number of rotatable bonds is 4. The predicted octanol–water partition coefficient (Wildman–Crippen LogP) is 4.40. The molecule has 0 radical (unpaired) electrons. The first-order valence-corrected chi connectivity index (χ1v) is 7.86. The Morgan fingerprint density at radius 3 is 2.70 bits per heavy atom. The maximum atomic E-state index is 3.63. The van der Waals surface area contributed by atoms with E-state index >= 15 is 0 Å². The molecular weight excluding hydrogens is 264 g/mol. The molecule has 1 unspecified atom stereocenters.